The Morgan fingerprint density at radius 3 is 2.79 bits per heavy atom. The largest absolute Gasteiger partial charge is 0.450 e. The number of hydrogen-bond donors (Lipinski definition) is 2. The minimum atomic E-state index is -0.272. The fourth-order valence-electron chi connectivity index (χ4n) is 2.59. The molecule has 1 aliphatic heterocycles. The van der Waals surface area contributed by atoms with E-state index in [-0.39, 0.29) is 24.6 Å². The second-order valence-electron chi connectivity index (χ2n) is 5.58. The van der Waals surface area contributed by atoms with Crippen molar-refractivity contribution in [3.05, 3.63) is 29.8 Å². The maximum absolute atomic E-state index is 12.0. The van der Waals surface area contributed by atoms with Crippen LogP contribution in [0, 0.1) is 11.3 Å². The third-order valence-corrected chi connectivity index (χ3v) is 3.85. The third-order valence-electron chi connectivity index (χ3n) is 3.85. The van der Waals surface area contributed by atoms with E-state index in [9.17, 15) is 9.59 Å². The Bertz CT molecular complexity index is 619. The van der Waals surface area contributed by atoms with E-state index in [2.05, 4.69) is 10.6 Å². The summed E-state index contributed by atoms with van der Waals surface area (Å²) in [4.78, 5) is 25.3. The Morgan fingerprint density at radius 1 is 1.38 bits per heavy atom. The molecule has 1 aromatic rings. The van der Waals surface area contributed by atoms with Crippen LogP contribution in [0.15, 0.2) is 24.3 Å². The number of nitriles is 1. The van der Waals surface area contributed by atoms with Gasteiger partial charge < -0.3 is 20.3 Å². The first kappa shape index (κ1) is 17.8. The van der Waals surface area contributed by atoms with Crippen molar-refractivity contribution in [3.63, 3.8) is 0 Å². The van der Waals surface area contributed by atoms with Crippen LogP contribution in [-0.2, 0) is 9.53 Å². The lowest BCUT2D eigenvalue weighted by Gasteiger charge is -2.31. The first-order valence-electron chi connectivity index (χ1n) is 8.07. The second-order valence-corrected chi connectivity index (χ2v) is 5.58. The smallest absolute Gasteiger partial charge is 0.409 e. The molecule has 0 saturated carbocycles. The fraction of sp³-hybridized carbons (Fsp3) is 0.471. The summed E-state index contributed by atoms with van der Waals surface area (Å²) in [5.74, 6) is -0.155. The quantitative estimate of drug-likeness (QED) is 0.857. The lowest BCUT2D eigenvalue weighted by Crippen LogP contribution is -2.46. The number of benzene rings is 1. The Balaban J connectivity index is 1.71. The number of carbonyl (C=O) groups excluding carboxylic acids is 2. The average molecular weight is 330 g/mol. The summed E-state index contributed by atoms with van der Waals surface area (Å²) in [5, 5.41) is 14.8. The van der Waals surface area contributed by atoms with Crippen molar-refractivity contribution in [2.45, 2.75) is 25.8 Å². The highest BCUT2D eigenvalue weighted by atomic mass is 16.6. The van der Waals surface area contributed by atoms with Crippen molar-refractivity contribution >= 4 is 17.7 Å². The highest BCUT2D eigenvalue weighted by Crippen LogP contribution is 2.12. The van der Waals surface area contributed by atoms with Gasteiger partial charge in [-0.1, -0.05) is 6.07 Å². The minimum Gasteiger partial charge on any atom is -0.450 e. The molecule has 1 fully saturated rings. The van der Waals surface area contributed by atoms with Gasteiger partial charge in [-0.15, -0.1) is 0 Å². The summed E-state index contributed by atoms with van der Waals surface area (Å²) < 4.78 is 4.98. The van der Waals surface area contributed by atoms with E-state index in [1.807, 2.05) is 6.07 Å². The normalized spacial score (nSPS) is 14.8. The predicted octanol–water partition coefficient (Wildman–Crippen LogP) is 1.71. The molecule has 128 valence electrons. The molecule has 7 heteroatoms. The van der Waals surface area contributed by atoms with Crippen LogP contribution in [0.4, 0.5) is 10.5 Å². The van der Waals surface area contributed by atoms with Gasteiger partial charge in [0.2, 0.25) is 5.91 Å². The first-order valence-corrected chi connectivity index (χ1v) is 8.07. The van der Waals surface area contributed by atoms with Gasteiger partial charge >= 0.3 is 6.09 Å². The van der Waals surface area contributed by atoms with Crippen molar-refractivity contribution in [1.29, 1.82) is 5.26 Å². The van der Waals surface area contributed by atoms with Gasteiger partial charge in [0.15, 0.2) is 0 Å². The number of likely N-dealkylation sites (tertiary alicyclic amines) is 1. The summed E-state index contributed by atoms with van der Waals surface area (Å²) in [6, 6.07) is 9.03. The van der Waals surface area contributed by atoms with Crippen LogP contribution in [-0.4, -0.2) is 49.2 Å². The zero-order valence-corrected chi connectivity index (χ0v) is 13.7. The van der Waals surface area contributed by atoms with Crippen molar-refractivity contribution in [2.75, 3.05) is 31.6 Å². The molecule has 1 aliphatic rings. The Morgan fingerprint density at radius 2 is 2.12 bits per heavy atom. The first-order chi connectivity index (χ1) is 11.6. The summed E-state index contributed by atoms with van der Waals surface area (Å²) in [6.07, 6.45) is 1.30. The number of ether oxygens (including phenoxy) is 1. The molecule has 2 N–H and O–H groups in total. The number of piperidine rings is 1. The highest BCUT2D eigenvalue weighted by molar-refractivity contribution is 5.92. The van der Waals surface area contributed by atoms with E-state index in [4.69, 9.17) is 10.00 Å². The molecule has 0 unspecified atom stereocenters. The summed E-state index contributed by atoms with van der Waals surface area (Å²) in [6.45, 7) is 3.62. The fourth-order valence-corrected chi connectivity index (χ4v) is 2.59. The van der Waals surface area contributed by atoms with Gasteiger partial charge in [-0.25, -0.2) is 4.79 Å². The topological polar surface area (TPSA) is 94.5 Å². The molecule has 0 radical (unpaired) electrons. The van der Waals surface area contributed by atoms with Gasteiger partial charge in [-0.05, 0) is 38.0 Å². The van der Waals surface area contributed by atoms with Gasteiger partial charge in [-0.2, -0.15) is 5.26 Å². The van der Waals surface area contributed by atoms with E-state index >= 15 is 0 Å². The monoisotopic (exact) mass is 330 g/mol. The van der Waals surface area contributed by atoms with Gasteiger partial charge in [0.1, 0.15) is 0 Å². The van der Waals surface area contributed by atoms with Crippen LogP contribution in [0.2, 0.25) is 0 Å². The van der Waals surface area contributed by atoms with E-state index in [0.29, 0.717) is 30.9 Å². The average Bonchev–Trinajstić information content (AvgIpc) is 2.61. The molecule has 24 heavy (non-hydrogen) atoms. The van der Waals surface area contributed by atoms with Crippen LogP contribution in [0.1, 0.15) is 25.3 Å². The number of anilines is 1. The molecule has 0 bridgehead atoms. The number of hydrogen-bond acceptors (Lipinski definition) is 5. The SMILES string of the molecule is CCOC(=O)N1CCC(NCC(=O)Nc2cccc(C#N)c2)CC1. The summed E-state index contributed by atoms with van der Waals surface area (Å²) in [7, 11) is 0. The zero-order chi connectivity index (χ0) is 17.4. The molecule has 1 saturated heterocycles. The standard InChI is InChI=1S/C17H22N4O3/c1-2-24-17(23)21-8-6-14(7-9-21)19-12-16(22)20-15-5-3-4-13(10-15)11-18/h3-5,10,14,19H,2,6-9,12H2,1H3,(H,20,22). The molecule has 2 rings (SSSR count). The number of nitrogens with one attached hydrogen (secondary N) is 2. The van der Waals surface area contributed by atoms with Crippen LogP contribution in [0.25, 0.3) is 0 Å². The number of carbonyl (C=O) groups is 2. The van der Waals surface area contributed by atoms with E-state index in [1.165, 1.54) is 0 Å². The van der Waals surface area contributed by atoms with Crippen molar-refractivity contribution < 1.29 is 14.3 Å². The van der Waals surface area contributed by atoms with E-state index in [0.717, 1.165) is 12.8 Å². The Labute approximate surface area is 141 Å². The summed E-state index contributed by atoms with van der Waals surface area (Å²) >= 11 is 0. The molecular weight excluding hydrogens is 308 g/mol. The maximum Gasteiger partial charge on any atom is 0.409 e. The van der Waals surface area contributed by atoms with Gasteiger partial charge in [0.05, 0.1) is 24.8 Å². The minimum absolute atomic E-state index is 0.155. The zero-order valence-electron chi connectivity index (χ0n) is 13.7. The van der Waals surface area contributed by atoms with Crippen molar-refractivity contribution in [1.82, 2.24) is 10.2 Å². The Kier molecular flexibility index (Phi) is 6.58. The molecule has 2 amide bonds. The maximum atomic E-state index is 12.0. The number of rotatable bonds is 5. The molecule has 1 heterocycles. The van der Waals surface area contributed by atoms with Crippen molar-refractivity contribution in [2.24, 2.45) is 0 Å². The molecule has 0 aliphatic carbocycles. The molecule has 7 nitrogen and oxygen atoms in total. The second kappa shape index (κ2) is 8.89. The number of nitrogens with zero attached hydrogens (tertiary/aromatic N) is 2. The van der Waals surface area contributed by atoms with Crippen LogP contribution < -0.4 is 10.6 Å². The van der Waals surface area contributed by atoms with Gasteiger partial charge in [0.25, 0.3) is 0 Å². The van der Waals surface area contributed by atoms with Crippen LogP contribution >= 0.6 is 0 Å². The lowest BCUT2D eigenvalue weighted by atomic mass is 10.1. The molecule has 1 aromatic carbocycles. The molecule has 0 aromatic heterocycles. The predicted molar refractivity (Wildman–Crippen MR) is 89.4 cm³/mol. The molecular formula is C17H22N4O3. The van der Waals surface area contributed by atoms with E-state index < -0.39 is 0 Å². The Hall–Kier alpha value is -2.59. The molecule has 0 spiro atoms. The summed E-state index contributed by atoms with van der Waals surface area (Å²) in [5.41, 5.74) is 1.12. The van der Waals surface area contributed by atoms with Crippen LogP contribution in [0.5, 0.6) is 0 Å². The van der Waals surface area contributed by atoms with Gasteiger partial charge in [0, 0.05) is 24.8 Å². The van der Waals surface area contributed by atoms with Crippen LogP contribution in [0.3, 0.4) is 0 Å². The van der Waals surface area contributed by atoms with Crippen molar-refractivity contribution in [3.8, 4) is 6.07 Å². The van der Waals surface area contributed by atoms with Gasteiger partial charge in [-0.3, -0.25) is 4.79 Å². The molecule has 0 atom stereocenters. The highest BCUT2D eigenvalue weighted by Gasteiger charge is 2.23. The third kappa shape index (κ3) is 5.25. The van der Waals surface area contributed by atoms with E-state index in [1.54, 1.807) is 36.1 Å². The lowest BCUT2D eigenvalue weighted by molar-refractivity contribution is -0.115. The number of amides is 2.